The molecule has 0 spiro atoms. The normalized spacial score (nSPS) is 12.0. The zero-order chi connectivity index (χ0) is 16.4. The minimum absolute atomic E-state index is 0.238. The molecule has 0 fully saturated rings. The summed E-state index contributed by atoms with van der Waals surface area (Å²) in [5.74, 6) is -1.01. The van der Waals surface area contributed by atoms with Crippen molar-refractivity contribution in [2.45, 2.75) is 39.2 Å². The summed E-state index contributed by atoms with van der Waals surface area (Å²) in [6.07, 6.45) is 1.78. The Labute approximate surface area is 125 Å². The van der Waals surface area contributed by atoms with Gasteiger partial charge in [0.1, 0.15) is 6.04 Å². The Kier molecular flexibility index (Phi) is 8.86. The van der Waals surface area contributed by atoms with Crippen molar-refractivity contribution in [2.75, 3.05) is 13.1 Å². The SMILES string of the molecule is CC(C)CN[C@H](CCCCN(NC(=N)N)C(=N)N)C(=O)O. The number of nitrogens with zero attached hydrogens (tertiary/aromatic N) is 1. The van der Waals surface area contributed by atoms with E-state index in [0.717, 1.165) is 0 Å². The lowest BCUT2D eigenvalue weighted by molar-refractivity contribution is -0.139. The van der Waals surface area contributed by atoms with Gasteiger partial charge in [-0.1, -0.05) is 13.8 Å². The number of rotatable bonds is 9. The molecular weight excluding hydrogens is 274 g/mol. The summed E-state index contributed by atoms with van der Waals surface area (Å²) in [5.41, 5.74) is 13.0. The molecule has 0 aromatic rings. The molecule has 0 aromatic heterocycles. The third-order valence-electron chi connectivity index (χ3n) is 2.74. The van der Waals surface area contributed by atoms with Crippen LogP contribution >= 0.6 is 0 Å². The van der Waals surface area contributed by atoms with Gasteiger partial charge in [-0.2, -0.15) is 0 Å². The smallest absolute Gasteiger partial charge is 0.320 e. The molecule has 1 atom stereocenters. The van der Waals surface area contributed by atoms with Gasteiger partial charge in [0.15, 0.2) is 0 Å². The zero-order valence-corrected chi connectivity index (χ0v) is 12.6. The van der Waals surface area contributed by atoms with Crippen LogP contribution in [-0.4, -0.2) is 47.1 Å². The van der Waals surface area contributed by atoms with Crippen molar-refractivity contribution >= 4 is 17.9 Å². The average molecular weight is 301 g/mol. The van der Waals surface area contributed by atoms with Gasteiger partial charge >= 0.3 is 5.97 Å². The van der Waals surface area contributed by atoms with Crippen LogP contribution in [0.4, 0.5) is 0 Å². The summed E-state index contributed by atoms with van der Waals surface area (Å²) in [7, 11) is 0. The Morgan fingerprint density at radius 2 is 1.90 bits per heavy atom. The van der Waals surface area contributed by atoms with Gasteiger partial charge in [-0.05, 0) is 31.7 Å². The minimum atomic E-state index is -0.860. The van der Waals surface area contributed by atoms with E-state index in [1.807, 2.05) is 13.8 Å². The lowest BCUT2D eigenvalue weighted by Gasteiger charge is -2.23. The van der Waals surface area contributed by atoms with Crippen LogP contribution in [0.2, 0.25) is 0 Å². The second-order valence-electron chi connectivity index (χ2n) is 5.25. The molecule has 9 heteroatoms. The average Bonchev–Trinajstić information content (AvgIpc) is 2.34. The molecule has 0 aliphatic carbocycles. The molecule has 9 nitrogen and oxygen atoms in total. The van der Waals surface area contributed by atoms with E-state index in [1.54, 1.807) is 0 Å². The van der Waals surface area contributed by atoms with Crippen LogP contribution in [0.25, 0.3) is 0 Å². The summed E-state index contributed by atoms with van der Waals surface area (Å²) >= 11 is 0. The molecule has 122 valence electrons. The quantitative estimate of drug-likeness (QED) is 0.130. The molecule has 0 aromatic carbocycles. The van der Waals surface area contributed by atoms with Crippen LogP contribution < -0.4 is 22.2 Å². The van der Waals surface area contributed by atoms with Gasteiger partial charge in [0.25, 0.3) is 0 Å². The number of nitrogens with one attached hydrogen (secondary N) is 4. The van der Waals surface area contributed by atoms with E-state index in [9.17, 15) is 4.79 Å². The molecule has 0 unspecified atom stereocenters. The van der Waals surface area contributed by atoms with E-state index in [-0.39, 0.29) is 11.9 Å². The van der Waals surface area contributed by atoms with E-state index in [4.69, 9.17) is 27.4 Å². The number of carbonyl (C=O) groups is 1. The fourth-order valence-electron chi connectivity index (χ4n) is 1.69. The summed E-state index contributed by atoms with van der Waals surface area (Å²) < 4.78 is 0. The Morgan fingerprint density at radius 1 is 1.29 bits per heavy atom. The monoisotopic (exact) mass is 301 g/mol. The summed E-state index contributed by atoms with van der Waals surface area (Å²) in [5, 5.41) is 27.8. The number of hydrogen-bond donors (Lipinski definition) is 7. The first kappa shape index (κ1) is 19.0. The maximum absolute atomic E-state index is 11.1. The topological polar surface area (TPSA) is 164 Å². The number of nitrogens with two attached hydrogens (primary N) is 2. The van der Waals surface area contributed by atoms with E-state index in [1.165, 1.54) is 5.01 Å². The van der Waals surface area contributed by atoms with Crippen molar-refractivity contribution in [2.24, 2.45) is 17.4 Å². The molecule has 0 aliphatic rings. The second kappa shape index (κ2) is 9.81. The Morgan fingerprint density at radius 3 is 2.33 bits per heavy atom. The number of unbranched alkanes of at least 4 members (excludes halogenated alkanes) is 1. The first-order chi connectivity index (χ1) is 9.73. The number of guanidine groups is 2. The summed E-state index contributed by atoms with van der Waals surface area (Å²) in [6, 6.07) is -0.570. The fraction of sp³-hybridized carbons (Fsp3) is 0.750. The van der Waals surface area contributed by atoms with Crippen molar-refractivity contribution < 1.29 is 9.90 Å². The van der Waals surface area contributed by atoms with Crippen molar-refractivity contribution in [3.8, 4) is 0 Å². The Bertz CT molecular complexity index is 360. The van der Waals surface area contributed by atoms with Crippen molar-refractivity contribution in [1.82, 2.24) is 15.8 Å². The van der Waals surface area contributed by atoms with Crippen LogP contribution in [0, 0.1) is 16.7 Å². The number of aliphatic carboxylic acids is 1. The molecule has 0 heterocycles. The van der Waals surface area contributed by atoms with Gasteiger partial charge in [-0.25, -0.2) is 0 Å². The first-order valence-corrected chi connectivity index (χ1v) is 6.92. The molecule has 0 bridgehead atoms. The molecule has 0 saturated heterocycles. The molecule has 9 N–H and O–H groups in total. The van der Waals surface area contributed by atoms with E-state index >= 15 is 0 Å². The second-order valence-corrected chi connectivity index (χ2v) is 5.25. The van der Waals surface area contributed by atoms with Crippen LogP contribution in [0.5, 0.6) is 0 Å². The lowest BCUT2D eigenvalue weighted by Crippen LogP contribution is -2.51. The zero-order valence-electron chi connectivity index (χ0n) is 12.6. The molecule has 0 aliphatic heterocycles. The summed E-state index contributed by atoms with van der Waals surface area (Å²) in [4.78, 5) is 11.1. The lowest BCUT2D eigenvalue weighted by atomic mass is 10.1. The van der Waals surface area contributed by atoms with E-state index in [0.29, 0.717) is 38.3 Å². The molecule has 21 heavy (non-hydrogen) atoms. The Balaban J connectivity index is 4.10. The summed E-state index contributed by atoms with van der Waals surface area (Å²) in [6.45, 7) is 5.07. The van der Waals surface area contributed by atoms with E-state index in [2.05, 4.69) is 10.7 Å². The largest absolute Gasteiger partial charge is 0.480 e. The van der Waals surface area contributed by atoms with Gasteiger partial charge in [-0.3, -0.25) is 26.0 Å². The van der Waals surface area contributed by atoms with Gasteiger partial charge in [0.2, 0.25) is 11.9 Å². The standard InChI is InChI=1S/C12H27N7O2/c1-8(2)7-17-9(10(20)21)5-3-4-6-19(12(15)16)18-11(13)14/h8-9,17H,3-7H2,1-2H3,(H3,15,16)(H,20,21)(H4,13,14,18)/t9-/m1/s1. The maximum Gasteiger partial charge on any atom is 0.320 e. The molecular formula is C12H27N7O2. The third kappa shape index (κ3) is 9.50. The van der Waals surface area contributed by atoms with E-state index < -0.39 is 12.0 Å². The van der Waals surface area contributed by atoms with Crippen molar-refractivity contribution in [3.05, 3.63) is 0 Å². The fourth-order valence-corrected chi connectivity index (χ4v) is 1.69. The maximum atomic E-state index is 11.1. The highest BCUT2D eigenvalue weighted by Gasteiger charge is 2.16. The number of hydrazine groups is 1. The van der Waals surface area contributed by atoms with Crippen LogP contribution in [0.15, 0.2) is 0 Å². The highest BCUT2D eigenvalue weighted by Crippen LogP contribution is 2.03. The number of hydrogen-bond acceptors (Lipinski definition) is 4. The molecule has 0 saturated carbocycles. The van der Waals surface area contributed by atoms with Crippen LogP contribution in [0.1, 0.15) is 33.1 Å². The van der Waals surface area contributed by atoms with Crippen LogP contribution in [-0.2, 0) is 4.79 Å². The van der Waals surface area contributed by atoms with Gasteiger partial charge < -0.3 is 21.9 Å². The molecule has 0 rings (SSSR count). The van der Waals surface area contributed by atoms with Gasteiger partial charge in [0, 0.05) is 6.54 Å². The number of carboxylic acids is 1. The van der Waals surface area contributed by atoms with Crippen LogP contribution in [0.3, 0.4) is 0 Å². The van der Waals surface area contributed by atoms with Crippen molar-refractivity contribution in [3.63, 3.8) is 0 Å². The van der Waals surface area contributed by atoms with Gasteiger partial charge in [-0.15, -0.1) is 0 Å². The highest BCUT2D eigenvalue weighted by atomic mass is 16.4. The minimum Gasteiger partial charge on any atom is -0.480 e. The third-order valence-corrected chi connectivity index (χ3v) is 2.74. The Hall–Kier alpha value is -2.03. The predicted molar refractivity (Wildman–Crippen MR) is 81.8 cm³/mol. The van der Waals surface area contributed by atoms with Gasteiger partial charge in [0.05, 0.1) is 0 Å². The predicted octanol–water partition coefficient (Wildman–Crippen LogP) is -0.551. The number of carboxylic acid groups (broad SMARTS) is 1. The molecule has 0 radical (unpaired) electrons. The first-order valence-electron chi connectivity index (χ1n) is 6.92. The van der Waals surface area contributed by atoms with Crippen molar-refractivity contribution in [1.29, 1.82) is 10.8 Å². The highest BCUT2D eigenvalue weighted by molar-refractivity contribution is 5.80. The molecule has 0 amide bonds.